The van der Waals surface area contributed by atoms with Gasteiger partial charge in [-0.05, 0) is 42.7 Å². The fourth-order valence-corrected chi connectivity index (χ4v) is 3.96. The molecule has 0 radical (unpaired) electrons. The molecule has 1 saturated heterocycles. The lowest BCUT2D eigenvalue weighted by atomic mass is 9.96. The molecule has 0 aliphatic carbocycles. The molecule has 1 fully saturated rings. The predicted molar refractivity (Wildman–Crippen MR) is 107 cm³/mol. The molecule has 2 aromatic carbocycles. The first kappa shape index (κ1) is 21.4. The number of amides is 1. The number of hydrogen-bond acceptors (Lipinski definition) is 5. The third-order valence-electron chi connectivity index (χ3n) is 5.31. The Morgan fingerprint density at radius 3 is 2.58 bits per heavy atom. The van der Waals surface area contributed by atoms with Crippen LogP contribution in [-0.2, 0) is 16.1 Å². The second-order valence-corrected chi connectivity index (χ2v) is 7.81. The van der Waals surface area contributed by atoms with Gasteiger partial charge in [-0.2, -0.15) is 0 Å². The van der Waals surface area contributed by atoms with Crippen molar-refractivity contribution in [2.75, 3.05) is 26.3 Å². The van der Waals surface area contributed by atoms with Crippen LogP contribution in [0.2, 0.25) is 5.02 Å². The van der Waals surface area contributed by atoms with Gasteiger partial charge < -0.3 is 19.1 Å². The lowest BCUT2D eigenvalue weighted by Crippen LogP contribution is -2.41. The highest BCUT2D eigenvalue weighted by molar-refractivity contribution is 6.32. The average molecular weight is 452 g/mol. The Kier molecular flexibility index (Phi) is 6.27. The largest absolute Gasteiger partial charge is 0.486 e. The van der Waals surface area contributed by atoms with E-state index < -0.39 is 17.5 Å². The zero-order valence-electron chi connectivity index (χ0n) is 16.5. The minimum Gasteiger partial charge on any atom is -0.486 e. The van der Waals surface area contributed by atoms with Gasteiger partial charge in [0.1, 0.15) is 31.5 Å². The van der Waals surface area contributed by atoms with Crippen molar-refractivity contribution in [3.63, 3.8) is 0 Å². The van der Waals surface area contributed by atoms with E-state index in [0.717, 1.165) is 12.1 Å². The van der Waals surface area contributed by atoms with Crippen LogP contribution in [0, 0.1) is 17.6 Å². The van der Waals surface area contributed by atoms with Crippen LogP contribution in [0.3, 0.4) is 0 Å². The number of benzene rings is 2. The first-order valence-corrected chi connectivity index (χ1v) is 10.3. The Morgan fingerprint density at radius 1 is 1.10 bits per heavy atom. The van der Waals surface area contributed by atoms with Crippen LogP contribution in [-0.4, -0.2) is 43.1 Å². The molecule has 6 nitrogen and oxygen atoms in total. The van der Waals surface area contributed by atoms with E-state index in [-0.39, 0.29) is 37.1 Å². The monoisotopic (exact) mass is 451 g/mol. The molecule has 0 saturated carbocycles. The zero-order valence-corrected chi connectivity index (χ0v) is 17.3. The minimum absolute atomic E-state index is 0.0368. The normalized spacial score (nSPS) is 16.2. The molecular formula is C22H20ClF2NO5. The number of hydrogen-bond donors (Lipinski definition) is 0. The van der Waals surface area contributed by atoms with Gasteiger partial charge in [-0.15, -0.1) is 0 Å². The van der Waals surface area contributed by atoms with Crippen LogP contribution in [0.5, 0.6) is 11.5 Å². The molecule has 4 rings (SSSR count). The van der Waals surface area contributed by atoms with E-state index in [0.29, 0.717) is 54.2 Å². The van der Waals surface area contributed by atoms with Crippen LogP contribution in [0.4, 0.5) is 8.78 Å². The number of likely N-dealkylation sites (tertiary alicyclic amines) is 1. The second kappa shape index (κ2) is 9.09. The number of rotatable bonds is 4. The summed E-state index contributed by atoms with van der Waals surface area (Å²) >= 11 is 6.20. The molecule has 2 aliphatic heterocycles. The molecule has 2 heterocycles. The van der Waals surface area contributed by atoms with Crippen molar-refractivity contribution in [2.45, 2.75) is 19.4 Å². The maximum absolute atomic E-state index is 13.9. The smallest absolute Gasteiger partial charge is 0.309 e. The van der Waals surface area contributed by atoms with Crippen LogP contribution < -0.4 is 9.47 Å². The van der Waals surface area contributed by atoms with Crippen LogP contribution >= 0.6 is 11.6 Å². The van der Waals surface area contributed by atoms with Crippen molar-refractivity contribution in [2.24, 2.45) is 5.92 Å². The summed E-state index contributed by atoms with van der Waals surface area (Å²) in [4.78, 5) is 26.4. The summed E-state index contributed by atoms with van der Waals surface area (Å²) in [7, 11) is 0. The maximum Gasteiger partial charge on any atom is 0.309 e. The highest BCUT2D eigenvalue weighted by atomic mass is 35.5. The molecule has 2 aromatic rings. The molecule has 0 unspecified atom stereocenters. The molecule has 9 heteroatoms. The lowest BCUT2D eigenvalue weighted by Gasteiger charge is -2.31. The van der Waals surface area contributed by atoms with Crippen LogP contribution in [0.25, 0.3) is 0 Å². The number of halogens is 3. The van der Waals surface area contributed by atoms with Crippen molar-refractivity contribution in [1.29, 1.82) is 0 Å². The quantitative estimate of drug-likeness (QED) is 0.658. The van der Waals surface area contributed by atoms with Gasteiger partial charge in [0, 0.05) is 19.2 Å². The van der Waals surface area contributed by atoms with Gasteiger partial charge in [0.2, 0.25) is 0 Å². The second-order valence-electron chi connectivity index (χ2n) is 7.40. The zero-order chi connectivity index (χ0) is 22.0. The van der Waals surface area contributed by atoms with E-state index in [1.807, 2.05) is 0 Å². The Morgan fingerprint density at radius 2 is 1.84 bits per heavy atom. The van der Waals surface area contributed by atoms with Gasteiger partial charge in [0.25, 0.3) is 5.91 Å². The fraction of sp³-hybridized carbons (Fsp3) is 0.364. The van der Waals surface area contributed by atoms with E-state index in [4.69, 9.17) is 25.8 Å². The summed E-state index contributed by atoms with van der Waals surface area (Å²) < 4.78 is 43.3. The highest BCUT2D eigenvalue weighted by Crippen LogP contribution is 2.38. The molecule has 31 heavy (non-hydrogen) atoms. The minimum atomic E-state index is -0.898. The average Bonchev–Trinajstić information content (AvgIpc) is 2.77. The standard InChI is InChI=1S/C22H20ClF2NO5/c23-17-9-13(10-19-20(17)30-8-7-29-19)12-31-22(28)14-3-5-26(6-4-14)21(27)16-2-1-15(24)11-18(16)25/h1-2,9-11,14H,3-8,12H2. The molecule has 0 bridgehead atoms. The number of carbonyl (C=O) groups is 2. The fourth-order valence-electron chi connectivity index (χ4n) is 3.67. The Bertz CT molecular complexity index is 1010. The molecule has 164 valence electrons. The number of carbonyl (C=O) groups excluding carboxylic acids is 2. The summed E-state index contributed by atoms with van der Waals surface area (Å²) in [5.41, 5.74) is 0.500. The van der Waals surface area contributed by atoms with Crippen molar-refractivity contribution in [1.82, 2.24) is 4.90 Å². The van der Waals surface area contributed by atoms with Crippen molar-refractivity contribution in [3.8, 4) is 11.5 Å². The third kappa shape index (κ3) is 4.74. The van der Waals surface area contributed by atoms with Crippen LogP contribution in [0.15, 0.2) is 30.3 Å². The van der Waals surface area contributed by atoms with E-state index in [1.54, 1.807) is 12.1 Å². The molecular weight excluding hydrogens is 432 g/mol. The van der Waals surface area contributed by atoms with Gasteiger partial charge >= 0.3 is 5.97 Å². The van der Waals surface area contributed by atoms with Gasteiger partial charge in [-0.25, -0.2) is 8.78 Å². The molecule has 0 aromatic heterocycles. The van der Waals surface area contributed by atoms with Gasteiger partial charge in [0.05, 0.1) is 16.5 Å². The van der Waals surface area contributed by atoms with Crippen molar-refractivity contribution >= 4 is 23.5 Å². The van der Waals surface area contributed by atoms with Gasteiger partial charge in [-0.1, -0.05) is 11.6 Å². The number of fused-ring (bicyclic) bond motifs is 1. The number of nitrogens with zero attached hydrogens (tertiary/aromatic N) is 1. The Labute approximate surface area is 182 Å². The van der Waals surface area contributed by atoms with Crippen LogP contribution in [0.1, 0.15) is 28.8 Å². The Balaban J connectivity index is 1.30. The first-order chi connectivity index (χ1) is 14.9. The summed E-state index contributed by atoms with van der Waals surface area (Å²) in [6.07, 6.45) is 0.796. The molecule has 0 atom stereocenters. The van der Waals surface area contributed by atoms with E-state index in [9.17, 15) is 18.4 Å². The maximum atomic E-state index is 13.9. The molecule has 1 amide bonds. The van der Waals surface area contributed by atoms with Gasteiger partial charge in [0.15, 0.2) is 11.5 Å². The predicted octanol–water partition coefficient (Wildman–Crippen LogP) is 3.99. The third-order valence-corrected chi connectivity index (χ3v) is 5.60. The molecule has 0 N–H and O–H groups in total. The van der Waals surface area contributed by atoms with Gasteiger partial charge in [-0.3, -0.25) is 9.59 Å². The molecule has 2 aliphatic rings. The van der Waals surface area contributed by atoms with E-state index >= 15 is 0 Å². The summed E-state index contributed by atoms with van der Waals surface area (Å²) in [5.74, 6) is -1.89. The van der Waals surface area contributed by atoms with Crippen molar-refractivity contribution in [3.05, 3.63) is 58.1 Å². The summed E-state index contributed by atoms with van der Waals surface area (Å²) in [6.45, 7) is 1.45. The van der Waals surface area contributed by atoms with E-state index in [1.165, 1.54) is 4.90 Å². The first-order valence-electron chi connectivity index (χ1n) is 9.91. The summed E-state index contributed by atoms with van der Waals surface area (Å²) in [6, 6.07) is 6.25. The highest BCUT2D eigenvalue weighted by Gasteiger charge is 2.30. The Hall–Kier alpha value is -2.87. The number of esters is 1. The molecule has 0 spiro atoms. The lowest BCUT2D eigenvalue weighted by molar-refractivity contribution is -0.151. The van der Waals surface area contributed by atoms with Crippen molar-refractivity contribution < 1.29 is 32.6 Å². The SMILES string of the molecule is O=C(OCc1cc(Cl)c2c(c1)OCCO2)C1CCN(C(=O)c2ccc(F)cc2F)CC1. The number of ether oxygens (including phenoxy) is 3. The topological polar surface area (TPSA) is 65.1 Å². The number of piperidine rings is 1. The van der Waals surface area contributed by atoms with E-state index in [2.05, 4.69) is 0 Å². The summed E-state index contributed by atoms with van der Waals surface area (Å²) in [5, 5.41) is 0.392.